The molecule has 2 aromatic rings. The van der Waals surface area contributed by atoms with Crippen molar-refractivity contribution in [2.75, 3.05) is 73.0 Å². The van der Waals surface area contributed by atoms with E-state index in [1.165, 1.54) is 11.9 Å². The molecule has 19 nitrogen and oxygen atoms in total. The highest BCUT2D eigenvalue weighted by Crippen LogP contribution is 2.16. The molecule has 6 amide bonds. The lowest BCUT2D eigenvalue weighted by Gasteiger charge is -2.34. The predicted molar refractivity (Wildman–Crippen MR) is 247 cm³/mol. The van der Waals surface area contributed by atoms with Gasteiger partial charge in [-0.15, -0.1) is 0 Å². The van der Waals surface area contributed by atoms with Gasteiger partial charge in [0.1, 0.15) is 37.4 Å². The summed E-state index contributed by atoms with van der Waals surface area (Å²) in [6.07, 6.45) is 2.01. The van der Waals surface area contributed by atoms with Crippen LogP contribution in [-0.2, 0) is 65.4 Å². The van der Waals surface area contributed by atoms with Gasteiger partial charge in [0.2, 0.25) is 35.4 Å². The van der Waals surface area contributed by atoms with Gasteiger partial charge in [0, 0.05) is 39.8 Å². The normalized spacial score (nSPS) is 13.9. The maximum Gasteiger partial charge on any atom is 0.329 e. The van der Waals surface area contributed by atoms with Gasteiger partial charge >= 0.3 is 5.97 Å². The van der Waals surface area contributed by atoms with Gasteiger partial charge in [-0.1, -0.05) is 94.8 Å². The van der Waals surface area contributed by atoms with E-state index >= 15 is 0 Å². The van der Waals surface area contributed by atoms with Crippen LogP contribution in [0.15, 0.2) is 60.7 Å². The van der Waals surface area contributed by atoms with Crippen molar-refractivity contribution in [1.82, 2.24) is 31.5 Å². The van der Waals surface area contributed by atoms with Crippen LogP contribution in [-0.4, -0.2) is 155 Å². The lowest BCUT2D eigenvalue weighted by Crippen LogP contribution is -2.61. The molecule has 0 fully saturated rings. The summed E-state index contributed by atoms with van der Waals surface area (Å²) in [6.45, 7) is 10.9. The Morgan fingerprint density at radius 2 is 1.17 bits per heavy atom. The van der Waals surface area contributed by atoms with Gasteiger partial charge in [-0.05, 0) is 49.1 Å². The van der Waals surface area contributed by atoms with Crippen LogP contribution in [0.3, 0.4) is 0 Å². The second kappa shape index (κ2) is 32.2. The molecule has 19 heteroatoms. The quantitative estimate of drug-likeness (QED) is 0.0483. The van der Waals surface area contributed by atoms with E-state index in [4.69, 9.17) is 29.8 Å². The molecule has 0 aromatic heterocycles. The summed E-state index contributed by atoms with van der Waals surface area (Å²) in [5.74, 6) is -4.74. The largest absolute Gasteiger partial charge is 0.480 e. The topological polar surface area (TPSA) is 266 Å². The van der Waals surface area contributed by atoms with E-state index < -0.39 is 78.2 Å². The van der Waals surface area contributed by atoms with Gasteiger partial charge in [0.15, 0.2) is 0 Å². The number of carboxylic acid groups (broad SMARTS) is 1. The summed E-state index contributed by atoms with van der Waals surface area (Å²) in [4.78, 5) is 91.6. The Morgan fingerprint density at radius 1 is 0.636 bits per heavy atom. The zero-order chi connectivity index (χ0) is 48.9. The fourth-order valence-corrected chi connectivity index (χ4v) is 6.69. The van der Waals surface area contributed by atoms with Crippen molar-refractivity contribution in [2.45, 2.75) is 96.9 Å². The number of likely N-dealkylation sites (N-methyl/N-ethyl adjacent to an activating group) is 1. The first-order valence-electron chi connectivity index (χ1n) is 22.6. The van der Waals surface area contributed by atoms with Crippen molar-refractivity contribution < 1.29 is 57.6 Å². The van der Waals surface area contributed by atoms with E-state index in [9.17, 15) is 33.6 Å². The standard InChI is InChI=1S/C47H73N7O12/c1-7-33(4)41(53-46(61)42(32(2)3)54(6)47(62)37(48)28-35-16-10-8-11-17-35)45(60)52-38(29-36-18-12-9-13-19-36)44(59)51-34(5)43(58)50-21-15-23-64-25-27-65-26-24-63-22-14-20-49-39(55)30-66-31-40(56)57/h8-13,16-19,32-34,37-38,41-42H,7,14-15,20-31,48H2,1-6H3,(H,49,55)(H,50,58)(H,51,59)(H,52,60)(H,53,61)(H,56,57). The Hall–Kier alpha value is -5.47. The number of carboxylic acids is 1. The van der Waals surface area contributed by atoms with Crippen molar-refractivity contribution in [3.8, 4) is 0 Å². The molecule has 0 heterocycles. The molecule has 368 valence electrons. The summed E-state index contributed by atoms with van der Waals surface area (Å²) < 4.78 is 21.2. The maximum absolute atomic E-state index is 14.1. The zero-order valence-corrected chi connectivity index (χ0v) is 39.4. The summed E-state index contributed by atoms with van der Waals surface area (Å²) >= 11 is 0. The molecule has 0 saturated carbocycles. The molecule has 6 unspecified atom stereocenters. The number of ether oxygens (including phenoxy) is 4. The first-order chi connectivity index (χ1) is 31.5. The molecule has 0 aliphatic heterocycles. The van der Waals surface area contributed by atoms with E-state index in [1.54, 1.807) is 6.92 Å². The number of amides is 6. The lowest BCUT2D eigenvalue weighted by molar-refractivity contribution is -0.143. The summed E-state index contributed by atoms with van der Waals surface area (Å²) in [5.41, 5.74) is 7.97. The van der Waals surface area contributed by atoms with Gasteiger partial charge in [0.25, 0.3) is 0 Å². The van der Waals surface area contributed by atoms with Crippen LogP contribution in [0.2, 0.25) is 0 Å². The molecule has 66 heavy (non-hydrogen) atoms. The van der Waals surface area contributed by atoms with Crippen molar-refractivity contribution in [2.24, 2.45) is 17.6 Å². The third-order valence-corrected chi connectivity index (χ3v) is 10.5. The average Bonchev–Trinajstić information content (AvgIpc) is 3.28. The number of carbonyl (C=O) groups excluding carboxylic acids is 6. The monoisotopic (exact) mass is 928 g/mol. The number of benzene rings is 2. The van der Waals surface area contributed by atoms with Crippen LogP contribution < -0.4 is 32.3 Å². The molecule has 0 saturated heterocycles. The number of nitrogens with two attached hydrogens (primary N) is 1. The summed E-state index contributed by atoms with van der Waals surface area (Å²) in [7, 11) is 1.53. The van der Waals surface area contributed by atoms with Crippen LogP contribution in [0.5, 0.6) is 0 Å². The number of nitrogens with one attached hydrogen (secondary N) is 5. The van der Waals surface area contributed by atoms with E-state index in [-0.39, 0.29) is 24.9 Å². The minimum atomic E-state index is -1.14. The first kappa shape index (κ1) is 56.7. The minimum Gasteiger partial charge on any atom is -0.480 e. The molecule has 0 radical (unpaired) electrons. The van der Waals surface area contributed by atoms with E-state index in [2.05, 4.69) is 26.6 Å². The Morgan fingerprint density at radius 3 is 1.70 bits per heavy atom. The number of carbonyl (C=O) groups is 7. The van der Waals surface area contributed by atoms with Crippen LogP contribution >= 0.6 is 0 Å². The number of hydrogen-bond donors (Lipinski definition) is 7. The number of aliphatic carboxylic acids is 1. The first-order valence-corrected chi connectivity index (χ1v) is 22.6. The smallest absolute Gasteiger partial charge is 0.329 e. The van der Waals surface area contributed by atoms with Crippen molar-refractivity contribution in [3.63, 3.8) is 0 Å². The van der Waals surface area contributed by atoms with Crippen LogP contribution in [0.1, 0.15) is 65.0 Å². The maximum atomic E-state index is 14.1. The number of nitrogens with zero attached hydrogens (tertiary/aromatic N) is 1. The van der Waals surface area contributed by atoms with Crippen molar-refractivity contribution in [3.05, 3.63) is 71.8 Å². The molecular formula is C47H73N7O12. The second-order valence-electron chi connectivity index (χ2n) is 16.4. The minimum absolute atomic E-state index is 0.116. The molecule has 0 aliphatic rings. The Balaban J connectivity index is 1.85. The van der Waals surface area contributed by atoms with Gasteiger partial charge in [0.05, 0.1) is 32.5 Å². The summed E-state index contributed by atoms with van der Waals surface area (Å²) in [6, 6.07) is 13.6. The average molecular weight is 928 g/mol. The highest BCUT2D eigenvalue weighted by atomic mass is 16.5. The molecule has 2 rings (SSSR count). The van der Waals surface area contributed by atoms with Crippen molar-refractivity contribution >= 4 is 41.4 Å². The molecule has 0 aliphatic carbocycles. The van der Waals surface area contributed by atoms with E-state index in [1.807, 2.05) is 88.4 Å². The Bertz CT molecular complexity index is 1770. The lowest BCUT2D eigenvalue weighted by atomic mass is 9.95. The van der Waals surface area contributed by atoms with Crippen LogP contribution in [0, 0.1) is 11.8 Å². The SMILES string of the molecule is CCC(C)C(NC(=O)C(C(C)C)N(C)C(=O)C(N)Cc1ccccc1)C(=O)NC(Cc1ccccc1)C(=O)NC(C)C(=O)NCCCOCCOCCOCCCNC(=O)COCC(=O)O. The molecule has 0 spiro atoms. The molecule has 0 bridgehead atoms. The Kier molecular flexibility index (Phi) is 27.7. The van der Waals surface area contributed by atoms with E-state index in [0.29, 0.717) is 78.4 Å². The molecular weight excluding hydrogens is 855 g/mol. The fraction of sp³-hybridized carbons (Fsp3) is 0.596. The van der Waals surface area contributed by atoms with Crippen molar-refractivity contribution in [1.29, 1.82) is 0 Å². The molecule has 6 atom stereocenters. The highest BCUT2D eigenvalue weighted by Gasteiger charge is 2.37. The third-order valence-electron chi connectivity index (χ3n) is 10.5. The number of hydrogen-bond acceptors (Lipinski definition) is 12. The van der Waals surface area contributed by atoms with E-state index in [0.717, 1.165) is 11.1 Å². The Labute approximate surface area is 388 Å². The summed E-state index contributed by atoms with van der Waals surface area (Å²) in [5, 5.41) is 22.3. The molecule has 8 N–H and O–H groups in total. The highest BCUT2D eigenvalue weighted by molar-refractivity contribution is 5.96. The predicted octanol–water partition coefficient (Wildman–Crippen LogP) is 0.966. The van der Waals surface area contributed by atoms with Gasteiger partial charge in [-0.3, -0.25) is 28.8 Å². The van der Waals surface area contributed by atoms with Gasteiger partial charge in [-0.25, -0.2) is 4.79 Å². The third kappa shape index (κ3) is 22.6. The van der Waals surface area contributed by atoms with Crippen LogP contribution in [0.4, 0.5) is 0 Å². The second-order valence-corrected chi connectivity index (χ2v) is 16.4. The van der Waals surface area contributed by atoms with Gasteiger partial charge in [-0.2, -0.15) is 0 Å². The number of rotatable bonds is 34. The zero-order valence-electron chi connectivity index (χ0n) is 39.4. The molecule has 2 aromatic carbocycles. The van der Waals surface area contributed by atoms with Crippen LogP contribution in [0.25, 0.3) is 0 Å². The van der Waals surface area contributed by atoms with Gasteiger partial charge < -0.3 is 61.3 Å². The fourth-order valence-electron chi connectivity index (χ4n) is 6.69.